The van der Waals surface area contributed by atoms with Gasteiger partial charge >= 0.3 is 0 Å². The van der Waals surface area contributed by atoms with Crippen molar-refractivity contribution in [2.24, 2.45) is 11.8 Å². The van der Waals surface area contributed by atoms with Crippen molar-refractivity contribution in [1.82, 2.24) is 4.90 Å². The molecule has 0 radical (unpaired) electrons. The van der Waals surface area contributed by atoms with Gasteiger partial charge in [-0.15, -0.1) is 0 Å². The Hall–Kier alpha value is -0.790. The first kappa shape index (κ1) is 8.79. The van der Waals surface area contributed by atoms with E-state index in [1.807, 2.05) is 4.90 Å². The van der Waals surface area contributed by atoms with Crippen LogP contribution in [0.3, 0.4) is 0 Å². The normalized spacial score (nSPS) is 22.4. The van der Waals surface area contributed by atoms with Crippen molar-refractivity contribution in [3.63, 3.8) is 0 Å². The average molecular weight is 179 g/mol. The van der Waals surface area contributed by atoms with Crippen LogP contribution in [0.15, 0.2) is 11.6 Å². The summed E-state index contributed by atoms with van der Waals surface area (Å²) in [5.74, 6) is 1.35. The van der Waals surface area contributed by atoms with Crippen LogP contribution in [0.5, 0.6) is 0 Å². The van der Waals surface area contributed by atoms with Gasteiger partial charge in [0.25, 0.3) is 0 Å². The summed E-state index contributed by atoms with van der Waals surface area (Å²) in [4.78, 5) is 13.7. The van der Waals surface area contributed by atoms with E-state index in [1.165, 1.54) is 5.57 Å². The Kier molecular flexibility index (Phi) is 2.14. The second kappa shape index (κ2) is 3.17. The van der Waals surface area contributed by atoms with Crippen molar-refractivity contribution >= 4 is 5.91 Å². The molecule has 0 spiro atoms. The fourth-order valence-electron chi connectivity index (χ4n) is 1.75. The summed E-state index contributed by atoms with van der Waals surface area (Å²) in [6.45, 7) is 6.11. The van der Waals surface area contributed by atoms with E-state index >= 15 is 0 Å². The number of nitrogens with zero attached hydrogens (tertiary/aromatic N) is 1. The molecule has 0 aromatic rings. The Morgan fingerprint density at radius 2 is 2.23 bits per heavy atom. The van der Waals surface area contributed by atoms with Crippen molar-refractivity contribution in [2.75, 3.05) is 13.1 Å². The first-order chi connectivity index (χ1) is 6.18. The summed E-state index contributed by atoms with van der Waals surface area (Å²) in [6, 6.07) is 0. The average Bonchev–Trinajstić information content (AvgIpc) is 2.81. The lowest BCUT2D eigenvalue weighted by Gasteiger charge is -2.16. The molecule has 0 saturated heterocycles. The van der Waals surface area contributed by atoms with Crippen LogP contribution >= 0.6 is 0 Å². The highest BCUT2D eigenvalue weighted by Gasteiger charge is 2.34. The first-order valence-electron chi connectivity index (χ1n) is 5.16. The molecular formula is C11H17NO. The van der Waals surface area contributed by atoms with E-state index < -0.39 is 0 Å². The number of hydrogen-bond donors (Lipinski definition) is 0. The van der Waals surface area contributed by atoms with Gasteiger partial charge in [-0.05, 0) is 18.8 Å². The number of amides is 1. The van der Waals surface area contributed by atoms with Gasteiger partial charge in [-0.25, -0.2) is 0 Å². The first-order valence-corrected chi connectivity index (χ1v) is 5.16. The lowest BCUT2D eigenvalue weighted by molar-refractivity contribution is -0.131. The third-order valence-electron chi connectivity index (χ3n) is 2.93. The van der Waals surface area contributed by atoms with Crippen LogP contribution < -0.4 is 0 Å². The van der Waals surface area contributed by atoms with Crippen molar-refractivity contribution in [1.29, 1.82) is 0 Å². The molecule has 2 nitrogen and oxygen atoms in total. The molecule has 0 aromatic carbocycles. The van der Waals surface area contributed by atoms with Crippen LogP contribution in [-0.2, 0) is 4.79 Å². The van der Waals surface area contributed by atoms with Gasteiger partial charge < -0.3 is 4.90 Å². The van der Waals surface area contributed by atoms with E-state index in [2.05, 4.69) is 19.9 Å². The SMILES string of the molecule is CC(C)C1=CCN(C(=O)C2CC2)C1. The molecule has 1 amide bonds. The molecular weight excluding hydrogens is 162 g/mol. The van der Waals surface area contributed by atoms with E-state index in [0.717, 1.165) is 25.9 Å². The van der Waals surface area contributed by atoms with E-state index in [9.17, 15) is 4.79 Å². The Bertz CT molecular complexity index is 251. The minimum absolute atomic E-state index is 0.375. The second-order valence-corrected chi connectivity index (χ2v) is 4.43. The van der Waals surface area contributed by atoms with E-state index in [1.54, 1.807) is 0 Å². The zero-order chi connectivity index (χ0) is 9.42. The molecule has 0 atom stereocenters. The number of carbonyl (C=O) groups excluding carboxylic acids is 1. The van der Waals surface area contributed by atoms with Gasteiger partial charge in [0.15, 0.2) is 0 Å². The molecule has 0 unspecified atom stereocenters. The van der Waals surface area contributed by atoms with Gasteiger partial charge in [-0.1, -0.05) is 25.5 Å². The Balaban J connectivity index is 1.90. The number of carbonyl (C=O) groups is 1. The van der Waals surface area contributed by atoms with Crippen molar-refractivity contribution in [2.45, 2.75) is 26.7 Å². The van der Waals surface area contributed by atoms with Crippen molar-refractivity contribution in [3.05, 3.63) is 11.6 Å². The number of hydrogen-bond acceptors (Lipinski definition) is 1. The molecule has 72 valence electrons. The van der Waals surface area contributed by atoms with Crippen LogP contribution in [0.2, 0.25) is 0 Å². The lowest BCUT2D eigenvalue weighted by Crippen LogP contribution is -2.30. The van der Waals surface area contributed by atoms with E-state index in [-0.39, 0.29) is 0 Å². The predicted molar refractivity (Wildman–Crippen MR) is 52.2 cm³/mol. The number of rotatable bonds is 2. The standard InChI is InChI=1S/C11H17NO/c1-8(2)10-5-6-12(7-10)11(13)9-3-4-9/h5,8-9H,3-4,6-7H2,1-2H3. The topological polar surface area (TPSA) is 20.3 Å². The summed E-state index contributed by atoms with van der Waals surface area (Å²) in [7, 11) is 0. The van der Waals surface area contributed by atoms with Gasteiger partial charge in [0, 0.05) is 19.0 Å². The smallest absolute Gasteiger partial charge is 0.226 e. The Morgan fingerprint density at radius 1 is 1.54 bits per heavy atom. The van der Waals surface area contributed by atoms with Gasteiger partial charge in [-0.2, -0.15) is 0 Å². The van der Waals surface area contributed by atoms with Gasteiger partial charge in [0.2, 0.25) is 5.91 Å². The maximum Gasteiger partial charge on any atom is 0.226 e. The lowest BCUT2D eigenvalue weighted by atomic mass is 10.1. The zero-order valence-electron chi connectivity index (χ0n) is 8.42. The van der Waals surface area contributed by atoms with Crippen LogP contribution in [0.1, 0.15) is 26.7 Å². The third-order valence-corrected chi connectivity index (χ3v) is 2.93. The molecule has 1 aliphatic carbocycles. The maximum absolute atomic E-state index is 11.7. The summed E-state index contributed by atoms with van der Waals surface area (Å²) < 4.78 is 0. The highest BCUT2D eigenvalue weighted by Crippen LogP contribution is 2.32. The molecule has 1 aliphatic heterocycles. The fraction of sp³-hybridized carbons (Fsp3) is 0.727. The Labute approximate surface area is 79.6 Å². The molecule has 0 bridgehead atoms. The van der Waals surface area contributed by atoms with E-state index in [0.29, 0.717) is 17.7 Å². The molecule has 2 aliphatic rings. The summed E-state index contributed by atoms with van der Waals surface area (Å²) in [5, 5.41) is 0. The quantitative estimate of drug-likeness (QED) is 0.592. The Morgan fingerprint density at radius 3 is 2.69 bits per heavy atom. The van der Waals surface area contributed by atoms with E-state index in [4.69, 9.17) is 0 Å². The molecule has 1 heterocycles. The van der Waals surface area contributed by atoms with Crippen LogP contribution in [0.4, 0.5) is 0 Å². The van der Waals surface area contributed by atoms with Gasteiger partial charge in [-0.3, -0.25) is 4.79 Å². The van der Waals surface area contributed by atoms with Crippen LogP contribution in [0.25, 0.3) is 0 Å². The molecule has 13 heavy (non-hydrogen) atoms. The fourth-order valence-corrected chi connectivity index (χ4v) is 1.75. The molecule has 1 fully saturated rings. The third kappa shape index (κ3) is 1.77. The summed E-state index contributed by atoms with van der Waals surface area (Å²) in [6.07, 6.45) is 4.45. The highest BCUT2D eigenvalue weighted by molar-refractivity contribution is 5.81. The summed E-state index contributed by atoms with van der Waals surface area (Å²) >= 11 is 0. The highest BCUT2D eigenvalue weighted by atomic mass is 16.2. The van der Waals surface area contributed by atoms with Crippen LogP contribution in [-0.4, -0.2) is 23.9 Å². The van der Waals surface area contributed by atoms with Crippen LogP contribution in [0, 0.1) is 11.8 Å². The predicted octanol–water partition coefficient (Wildman–Crippen LogP) is 1.82. The second-order valence-electron chi connectivity index (χ2n) is 4.43. The molecule has 2 heteroatoms. The van der Waals surface area contributed by atoms with Gasteiger partial charge in [0.1, 0.15) is 0 Å². The molecule has 0 aromatic heterocycles. The molecule has 0 N–H and O–H groups in total. The van der Waals surface area contributed by atoms with Crippen molar-refractivity contribution in [3.8, 4) is 0 Å². The molecule has 1 saturated carbocycles. The minimum Gasteiger partial charge on any atom is -0.335 e. The monoisotopic (exact) mass is 179 g/mol. The van der Waals surface area contributed by atoms with Crippen molar-refractivity contribution < 1.29 is 4.79 Å². The summed E-state index contributed by atoms with van der Waals surface area (Å²) in [5.41, 5.74) is 1.43. The van der Waals surface area contributed by atoms with Gasteiger partial charge in [0.05, 0.1) is 0 Å². The molecule has 2 rings (SSSR count). The minimum atomic E-state index is 0.375. The zero-order valence-corrected chi connectivity index (χ0v) is 8.42. The maximum atomic E-state index is 11.7. The largest absolute Gasteiger partial charge is 0.335 e.